The number of nitrogens with one attached hydrogen (secondary N) is 1. The predicted molar refractivity (Wildman–Crippen MR) is 153 cm³/mol. The fourth-order valence-corrected chi connectivity index (χ4v) is 4.73. The summed E-state index contributed by atoms with van der Waals surface area (Å²) in [6, 6.07) is 21.8. The molecule has 1 fully saturated rings. The summed E-state index contributed by atoms with van der Waals surface area (Å²) in [6.45, 7) is 7.84. The lowest BCUT2D eigenvalue weighted by Gasteiger charge is -2.42. The average molecular weight is 546 g/mol. The molecule has 2 aromatic carbocycles. The Morgan fingerprint density at radius 3 is 2.48 bits per heavy atom. The van der Waals surface area contributed by atoms with Gasteiger partial charge in [0.25, 0.3) is 0 Å². The Morgan fingerprint density at radius 2 is 1.80 bits per heavy atom. The Bertz CT molecular complexity index is 1200. The average Bonchev–Trinajstić information content (AvgIpc) is 3.00. The molecule has 8 nitrogen and oxygen atoms in total. The van der Waals surface area contributed by atoms with E-state index < -0.39 is 12.4 Å². The van der Waals surface area contributed by atoms with Gasteiger partial charge in [-0.3, -0.25) is 4.98 Å². The van der Waals surface area contributed by atoms with E-state index in [2.05, 4.69) is 35.8 Å². The molecule has 0 bridgehead atoms. The van der Waals surface area contributed by atoms with Gasteiger partial charge in [0, 0.05) is 49.4 Å². The number of pyridine rings is 1. The Labute approximate surface area is 236 Å². The molecule has 0 saturated carbocycles. The first-order valence-corrected chi connectivity index (χ1v) is 13.7. The van der Waals surface area contributed by atoms with Gasteiger partial charge in [0.05, 0.1) is 18.8 Å². The van der Waals surface area contributed by atoms with Crippen molar-refractivity contribution in [3.05, 3.63) is 114 Å². The zero-order chi connectivity index (χ0) is 28.3. The number of hydrogen-bond acceptors (Lipinski definition) is 7. The summed E-state index contributed by atoms with van der Waals surface area (Å²) < 4.78 is 18.1. The molecule has 1 aromatic heterocycles. The van der Waals surface area contributed by atoms with E-state index in [4.69, 9.17) is 14.2 Å². The van der Waals surface area contributed by atoms with Gasteiger partial charge in [0.15, 0.2) is 6.29 Å². The van der Waals surface area contributed by atoms with E-state index >= 15 is 0 Å². The lowest BCUT2D eigenvalue weighted by atomic mass is 9.90. The van der Waals surface area contributed by atoms with Crippen LogP contribution in [0, 0.1) is 5.92 Å². The molecule has 0 aliphatic carbocycles. The summed E-state index contributed by atoms with van der Waals surface area (Å²) in [5, 5.41) is 12.2. The van der Waals surface area contributed by atoms with Crippen molar-refractivity contribution < 1.29 is 24.1 Å². The number of aromatic nitrogens is 1. The second kappa shape index (κ2) is 14.7. The topological polar surface area (TPSA) is 93.2 Å². The highest BCUT2D eigenvalue weighted by Crippen LogP contribution is 2.41. The summed E-state index contributed by atoms with van der Waals surface area (Å²) in [5.74, 6) is 0.0959. The first kappa shape index (κ1) is 29.4. The van der Waals surface area contributed by atoms with Crippen LogP contribution < -0.4 is 5.32 Å². The minimum Gasteiger partial charge on any atom is -0.445 e. The number of aliphatic hydroxyl groups excluding tert-OH is 1. The molecule has 212 valence electrons. The third-order valence-corrected chi connectivity index (χ3v) is 7.11. The van der Waals surface area contributed by atoms with Gasteiger partial charge in [-0.1, -0.05) is 74.2 Å². The first-order chi connectivity index (χ1) is 19.5. The van der Waals surface area contributed by atoms with Gasteiger partial charge >= 0.3 is 6.09 Å². The maximum atomic E-state index is 11.7. The van der Waals surface area contributed by atoms with E-state index in [1.54, 1.807) is 0 Å². The number of hydrogen-bond donors (Lipinski definition) is 2. The molecule has 1 amide bonds. The van der Waals surface area contributed by atoms with Gasteiger partial charge < -0.3 is 29.5 Å². The minimum absolute atomic E-state index is 0.00394. The van der Waals surface area contributed by atoms with Crippen molar-refractivity contribution >= 4 is 6.09 Å². The van der Waals surface area contributed by atoms with Crippen LogP contribution in [0.25, 0.3) is 0 Å². The molecular formula is C32H39N3O5. The third-order valence-electron chi connectivity index (χ3n) is 7.11. The predicted octanol–water partition coefficient (Wildman–Crippen LogP) is 4.95. The highest BCUT2D eigenvalue weighted by molar-refractivity contribution is 5.67. The zero-order valence-electron chi connectivity index (χ0n) is 23.2. The molecule has 3 aromatic rings. The monoisotopic (exact) mass is 545 g/mol. The second-order valence-corrected chi connectivity index (χ2v) is 10.1. The molecule has 0 radical (unpaired) electrons. The lowest BCUT2D eigenvalue weighted by Crippen LogP contribution is -2.43. The summed E-state index contributed by atoms with van der Waals surface area (Å²) in [6.07, 6.45) is 2.93. The number of carbonyl (C=O) groups is 1. The van der Waals surface area contributed by atoms with Gasteiger partial charge in [-0.05, 0) is 35.9 Å². The molecule has 2 N–H and O–H groups in total. The quantitative estimate of drug-likeness (QED) is 0.311. The maximum Gasteiger partial charge on any atom is 0.407 e. The van der Waals surface area contributed by atoms with Gasteiger partial charge in [0.2, 0.25) is 0 Å². The SMILES string of the molecule is C=CCOC(=O)NCc1ccc(C2OC(CN(C)CCc3ccccn3)C(C)C(c3ccc(CO)cc3)O2)cc1. The number of likely N-dealkylation sites (N-methyl/N-ethyl adjacent to an activating group) is 1. The summed E-state index contributed by atoms with van der Waals surface area (Å²) in [5.41, 5.74) is 4.83. The standard InChI is InChI=1S/C32H39N3O5/c1-4-19-38-32(37)34-20-24-8-14-27(15-9-24)31-39-29(21-35(3)18-16-28-7-5-6-17-33-28)23(2)30(40-31)26-12-10-25(22-36)11-13-26/h4-15,17,23,29-31,36H,1,16,18-22H2,2-3H3,(H,34,37). The number of rotatable bonds is 12. The zero-order valence-corrected chi connectivity index (χ0v) is 23.2. The number of alkyl carbamates (subject to hydrolysis) is 1. The molecule has 1 aliphatic rings. The van der Waals surface area contributed by atoms with Crippen molar-refractivity contribution in [2.24, 2.45) is 5.92 Å². The summed E-state index contributed by atoms with van der Waals surface area (Å²) in [7, 11) is 2.11. The van der Waals surface area contributed by atoms with Gasteiger partial charge in [0.1, 0.15) is 6.61 Å². The number of aliphatic hydroxyl groups is 1. The van der Waals surface area contributed by atoms with Crippen molar-refractivity contribution in [1.82, 2.24) is 15.2 Å². The van der Waals surface area contributed by atoms with Gasteiger partial charge in [-0.15, -0.1) is 0 Å². The summed E-state index contributed by atoms with van der Waals surface area (Å²) >= 11 is 0. The highest BCUT2D eigenvalue weighted by Gasteiger charge is 2.38. The lowest BCUT2D eigenvalue weighted by molar-refractivity contribution is -0.275. The number of ether oxygens (including phenoxy) is 3. The van der Waals surface area contributed by atoms with Crippen molar-refractivity contribution in [3.8, 4) is 0 Å². The fourth-order valence-electron chi connectivity index (χ4n) is 4.73. The van der Waals surface area contributed by atoms with Crippen molar-refractivity contribution in [3.63, 3.8) is 0 Å². The molecule has 4 rings (SSSR count). The van der Waals surface area contributed by atoms with Crippen LogP contribution in [0.3, 0.4) is 0 Å². The summed E-state index contributed by atoms with van der Waals surface area (Å²) in [4.78, 5) is 18.5. The smallest absolute Gasteiger partial charge is 0.407 e. The molecule has 4 unspecified atom stereocenters. The Hall–Kier alpha value is -3.56. The number of benzene rings is 2. The highest BCUT2D eigenvalue weighted by atomic mass is 16.7. The molecule has 0 spiro atoms. The first-order valence-electron chi connectivity index (χ1n) is 13.7. The second-order valence-electron chi connectivity index (χ2n) is 10.1. The molecule has 8 heteroatoms. The van der Waals surface area contributed by atoms with E-state index in [9.17, 15) is 9.90 Å². The van der Waals surface area contributed by atoms with E-state index in [-0.39, 0.29) is 31.3 Å². The number of amides is 1. The van der Waals surface area contributed by atoms with Crippen LogP contribution in [0.5, 0.6) is 0 Å². The Balaban J connectivity index is 1.46. The largest absolute Gasteiger partial charge is 0.445 e. The molecule has 2 heterocycles. The van der Waals surface area contributed by atoms with E-state index in [1.807, 2.05) is 72.9 Å². The Morgan fingerprint density at radius 1 is 1.07 bits per heavy atom. The van der Waals surface area contributed by atoms with Crippen molar-refractivity contribution in [2.75, 3.05) is 26.7 Å². The normalized spacial score (nSPS) is 20.7. The molecule has 1 saturated heterocycles. The molecular weight excluding hydrogens is 506 g/mol. The van der Waals surface area contributed by atoms with Crippen LogP contribution in [-0.2, 0) is 33.8 Å². The van der Waals surface area contributed by atoms with Crippen LogP contribution in [0.4, 0.5) is 4.79 Å². The van der Waals surface area contributed by atoms with E-state index in [1.165, 1.54) is 6.08 Å². The minimum atomic E-state index is -0.549. The van der Waals surface area contributed by atoms with Crippen LogP contribution in [0.15, 0.2) is 85.6 Å². The number of nitrogens with zero attached hydrogens (tertiary/aromatic N) is 2. The molecule has 4 atom stereocenters. The fraction of sp³-hybridized carbons (Fsp3) is 0.375. The van der Waals surface area contributed by atoms with E-state index in [0.29, 0.717) is 6.54 Å². The number of carbonyl (C=O) groups excluding carboxylic acids is 1. The van der Waals surface area contributed by atoms with Crippen LogP contribution in [0.2, 0.25) is 0 Å². The van der Waals surface area contributed by atoms with Gasteiger partial charge in [-0.2, -0.15) is 0 Å². The molecule has 40 heavy (non-hydrogen) atoms. The van der Waals surface area contributed by atoms with E-state index in [0.717, 1.165) is 47.5 Å². The molecule has 1 aliphatic heterocycles. The van der Waals surface area contributed by atoms with Crippen LogP contribution >= 0.6 is 0 Å². The van der Waals surface area contributed by atoms with Crippen molar-refractivity contribution in [2.45, 2.75) is 45.0 Å². The maximum absolute atomic E-state index is 11.7. The van der Waals surface area contributed by atoms with Crippen molar-refractivity contribution in [1.29, 1.82) is 0 Å². The Kier molecular flexibility index (Phi) is 10.8. The van der Waals surface area contributed by atoms with Crippen LogP contribution in [0.1, 0.15) is 47.3 Å². The van der Waals surface area contributed by atoms with Crippen LogP contribution in [-0.4, -0.2) is 53.9 Å². The van der Waals surface area contributed by atoms with Gasteiger partial charge in [-0.25, -0.2) is 4.79 Å². The third kappa shape index (κ3) is 8.22.